The molecule has 0 aromatic carbocycles. The fourth-order valence-electron chi connectivity index (χ4n) is 5.12. The molecule has 1 N–H and O–H groups in total. The molecule has 186 valence electrons. The number of amides is 1. The Hall–Kier alpha value is -1.73. The molecule has 1 aliphatic carbocycles. The van der Waals surface area contributed by atoms with Crippen LogP contribution >= 0.6 is 0 Å². The molecule has 0 radical (unpaired) electrons. The summed E-state index contributed by atoms with van der Waals surface area (Å²) in [4.78, 5) is 26.2. The SMILES string of the molecule is COCCc1cc(N2CCN(CCC3CCC(NC(C)=O)CC3)C[C@H]2C)nc(C(C)(C)C)n1. The molecule has 7 heteroatoms. The Morgan fingerprint density at radius 3 is 2.52 bits per heavy atom. The molecule has 2 heterocycles. The van der Waals surface area contributed by atoms with Crippen LogP contribution in [0.25, 0.3) is 0 Å². The highest BCUT2D eigenvalue weighted by Crippen LogP contribution is 2.28. The zero-order valence-electron chi connectivity index (χ0n) is 21.7. The topological polar surface area (TPSA) is 70.6 Å². The first kappa shape index (κ1) is 25.9. The lowest BCUT2D eigenvalue weighted by atomic mass is 9.84. The van der Waals surface area contributed by atoms with E-state index < -0.39 is 0 Å². The van der Waals surface area contributed by atoms with Crippen LogP contribution in [0.15, 0.2) is 6.07 Å². The standard InChI is InChI=1S/C26H45N5O2/c1-19-18-30(13-11-21-7-9-22(10-8-21)27-20(2)32)14-15-31(19)24-17-23(12-16-33-6)28-25(29-24)26(3,4)5/h17,19,21-22H,7-16,18H2,1-6H3,(H,27,32)/t19-,21?,22?/m1/s1. The van der Waals surface area contributed by atoms with Crippen molar-refractivity contribution in [3.05, 3.63) is 17.6 Å². The van der Waals surface area contributed by atoms with Gasteiger partial charge in [0.15, 0.2) is 0 Å². The maximum atomic E-state index is 11.3. The molecule has 1 saturated carbocycles. The predicted octanol–water partition coefficient (Wildman–Crippen LogP) is 3.56. The summed E-state index contributed by atoms with van der Waals surface area (Å²) in [5.74, 6) is 2.87. The second-order valence-corrected chi connectivity index (χ2v) is 11.1. The summed E-state index contributed by atoms with van der Waals surface area (Å²) in [7, 11) is 1.74. The van der Waals surface area contributed by atoms with E-state index in [1.807, 2.05) is 0 Å². The highest BCUT2D eigenvalue weighted by atomic mass is 16.5. The number of rotatable bonds is 8. The fraction of sp³-hybridized carbons (Fsp3) is 0.808. The largest absolute Gasteiger partial charge is 0.384 e. The lowest BCUT2D eigenvalue weighted by molar-refractivity contribution is -0.119. The quantitative estimate of drug-likeness (QED) is 0.641. The highest BCUT2D eigenvalue weighted by Gasteiger charge is 2.28. The monoisotopic (exact) mass is 459 g/mol. The Balaban J connectivity index is 1.54. The summed E-state index contributed by atoms with van der Waals surface area (Å²) in [5, 5.41) is 3.09. The van der Waals surface area contributed by atoms with Crippen molar-refractivity contribution in [3.8, 4) is 0 Å². The summed E-state index contributed by atoms with van der Waals surface area (Å²) in [6, 6.07) is 2.97. The van der Waals surface area contributed by atoms with Gasteiger partial charge in [0, 0.05) is 69.3 Å². The number of ether oxygens (including phenoxy) is 1. The average Bonchev–Trinajstić information content (AvgIpc) is 2.76. The summed E-state index contributed by atoms with van der Waals surface area (Å²) in [6.07, 6.45) is 6.81. The summed E-state index contributed by atoms with van der Waals surface area (Å²) >= 11 is 0. The van der Waals surface area contributed by atoms with Crippen molar-refractivity contribution in [1.82, 2.24) is 20.2 Å². The molecule has 1 aromatic rings. The third-order valence-corrected chi connectivity index (χ3v) is 7.11. The van der Waals surface area contributed by atoms with Gasteiger partial charge in [0.1, 0.15) is 11.6 Å². The Bertz CT molecular complexity index is 770. The van der Waals surface area contributed by atoms with Gasteiger partial charge in [-0.05, 0) is 51.5 Å². The Kier molecular flexibility index (Phi) is 9.10. The van der Waals surface area contributed by atoms with Crippen LogP contribution in [0.2, 0.25) is 0 Å². The molecule has 3 rings (SSSR count). The van der Waals surface area contributed by atoms with Crippen LogP contribution in [0.1, 0.15) is 78.2 Å². The highest BCUT2D eigenvalue weighted by molar-refractivity contribution is 5.73. The van der Waals surface area contributed by atoms with Gasteiger partial charge in [-0.15, -0.1) is 0 Å². The van der Waals surface area contributed by atoms with Gasteiger partial charge in [0.2, 0.25) is 5.91 Å². The average molecular weight is 460 g/mol. The van der Waals surface area contributed by atoms with E-state index in [4.69, 9.17) is 14.7 Å². The van der Waals surface area contributed by atoms with Gasteiger partial charge in [0.25, 0.3) is 0 Å². The number of anilines is 1. The van der Waals surface area contributed by atoms with Gasteiger partial charge in [-0.3, -0.25) is 9.69 Å². The third-order valence-electron chi connectivity index (χ3n) is 7.11. The van der Waals surface area contributed by atoms with E-state index in [9.17, 15) is 4.79 Å². The summed E-state index contributed by atoms with van der Waals surface area (Å²) < 4.78 is 5.29. The van der Waals surface area contributed by atoms with E-state index in [0.29, 0.717) is 18.7 Å². The van der Waals surface area contributed by atoms with Crippen molar-refractivity contribution >= 4 is 11.7 Å². The van der Waals surface area contributed by atoms with Crippen molar-refractivity contribution in [2.45, 2.75) is 90.6 Å². The fourth-order valence-corrected chi connectivity index (χ4v) is 5.12. The van der Waals surface area contributed by atoms with Crippen LogP contribution in [0.5, 0.6) is 0 Å². The van der Waals surface area contributed by atoms with Gasteiger partial charge < -0.3 is 15.0 Å². The molecular formula is C26H45N5O2. The molecule has 1 aromatic heterocycles. The van der Waals surface area contributed by atoms with Gasteiger partial charge in [-0.2, -0.15) is 0 Å². The zero-order chi connectivity index (χ0) is 24.0. The number of hydrogen-bond donors (Lipinski definition) is 1. The summed E-state index contributed by atoms with van der Waals surface area (Å²) in [6.45, 7) is 15.5. The normalized spacial score (nSPS) is 24.7. The van der Waals surface area contributed by atoms with Gasteiger partial charge in [0.05, 0.1) is 6.61 Å². The number of carbonyl (C=O) groups excluding carboxylic acids is 1. The smallest absolute Gasteiger partial charge is 0.217 e. The number of hydrogen-bond acceptors (Lipinski definition) is 6. The third kappa shape index (κ3) is 7.64. The first-order valence-electron chi connectivity index (χ1n) is 12.8. The lowest BCUT2D eigenvalue weighted by Gasteiger charge is -2.41. The molecule has 0 bridgehead atoms. The minimum Gasteiger partial charge on any atom is -0.384 e. The van der Waals surface area contributed by atoms with E-state index in [0.717, 1.165) is 62.2 Å². The molecule has 0 spiro atoms. The lowest BCUT2D eigenvalue weighted by Crippen LogP contribution is -2.52. The molecule has 1 amide bonds. The molecular weight excluding hydrogens is 414 g/mol. The molecule has 1 atom stereocenters. The van der Waals surface area contributed by atoms with Gasteiger partial charge in [-0.1, -0.05) is 20.8 Å². The number of piperazine rings is 1. The van der Waals surface area contributed by atoms with Gasteiger partial charge in [-0.25, -0.2) is 9.97 Å². The van der Waals surface area contributed by atoms with Crippen molar-refractivity contribution in [2.75, 3.05) is 44.8 Å². The first-order valence-corrected chi connectivity index (χ1v) is 12.8. The minimum atomic E-state index is -0.0815. The number of nitrogens with one attached hydrogen (secondary N) is 1. The minimum absolute atomic E-state index is 0.0815. The first-order chi connectivity index (χ1) is 15.7. The molecule has 2 fully saturated rings. The van der Waals surface area contributed by atoms with Crippen molar-refractivity contribution in [1.29, 1.82) is 0 Å². The molecule has 1 saturated heterocycles. The Morgan fingerprint density at radius 1 is 1.18 bits per heavy atom. The van der Waals surface area contributed by atoms with Crippen LogP contribution in [0, 0.1) is 5.92 Å². The maximum absolute atomic E-state index is 11.3. The Morgan fingerprint density at radius 2 is 1.91 bits per heavy atom. The van der Waals surface area contributed by atoms with E-state index >= 15 is 0 Å². The summed E-state index contributed by atoms with van der Waals surface area (Å²) in [5.41, 5.74) is 0.984. The van der Waals surface area contributed by atoms with E-state index in [1.165, 1.54) is 25.8 Å². The number of carbonyl (C=O) groups is 1. The maximum Gasteiger partial charge on any atom is 0.217 e. The van der Waals surface area contributed by atoms with Crippen LogP contribution in [0.3, 0.4) is 0 Å². The Labute approximate surface area is 200 Å². The predicted molar refractivity (Wildman–Crippen MR) is 134 cm³/mol. The van der Waals surface area contributed by atoms with Crippen molar-refractivity contribution in [3.63, 3.8) is 0 Å². The molecule has 7 nitrogen and oxygen atoms in total. The van der Waals surface area contributed by atoms with Gasteiger partial charge >= 0.3 is 0 Å². The van der Waals surface area contributed by atoms with Crippen molar-refractivity contribution in [2.24, 2.45) is 5.92 Å². The number of methoxy groups -OCH3 is 1. The van der Waals surface area contributed by atoms with E-state index in [2.05, 4.69) is 48.9 Å². The zero-order valence-corrected chi connectivity index (χ0v) is 21.7. The molecule has 0 unspecified atom stereocenters. The van der Waals surface area contributed by atoms with E-state index in [-0.39, 0.29) is 11.3 Å². The van der Waals surface area contributed by atoms with Crippen LogP contribution in [-0.4, -0.2) is 72.8 Å². The molecule has 2 aliphatic rings. The number of nitrogens with zero attached hydrogens (tertiary/aromatic N) is 4. The van der Waals surface area contributed by atoms with Crippen LogP contribution in [-0.2, 0) is 21.4 Å². The number of aromatic nitrogens is 2. The van der Waals surface area contributed by atoms with Crippen molar-refractivity contribution < 1.29 is 9.53 Å². The second kappa shape index (κ2) is 11.6. The molecule has 33 heavy (non-hydrogen) atoms. The van der Waals surface area contributed by atoms with E-state index in [1.54, 1.807) is 14.0 Å². The van der Waals surface area contributed by atoms with Crippen LogP contribution in [0.4, 0.5) is 5.82 Å². The second-order valence-electron chi connectivity index (χ2n) is 11.1. The van der Waals surface area contributed by atoms with Crippen LogP contribution < -0.4 is 10.2 Å². The molecule has 1 aliphatic heterocycles.